The lowest BCUT2D eigenvalue weighted by Gasteiger charge is -2.28. The zero-order chi connectivity index (χ0) is 10.5. The topological polar surface area (TPSA) is 27.8 Å². The average molecular weight is 206 g/mol. The van der Waals surface area contributed by atoms with Gasteiger partial charge in [0, 0.05) is 25.0 Å². The molecule has 1 heterocycles. The minimum absolute atomic E-state index is 0.667. The minimum atomic E-state index is 0.667. The van der Waals surface area contributed by atoms with Gasteiger partial charge >= 0.3 is 0 Å². The Bertz CT molecular complexity index is 260. The first-order valence-electron chi connectivity index (χ1n) is 6.21. The summed E-state index contributed by atoms with van der Waals surface area (Å²) in [4.78, 5) is 3.09. The van der Waals surface area contributed by atoms with Crippen LogP contribution in [0.4, 0.5) is 0 Å². The van der Waals surface area contributed by atoms with Crippen molar-refractivity contribution in [2.75, 3.05) is 0 Å². The van der Waals surface area contributed by atoms with E-state index >= 15 is 0 Å². The van der Waals surface area contributed by atoms with Gasteiger partial charge in [0.15, 0.2) is 0 Å². The van der Waals surface area contributed by atoms with Crippen LogP contribution in [0.5, 0.6) is 0 Å². The van der Waals surface area contributed by atoms with Gasteiger partial charge in [-0.2, -0.15) is 0 Å². The maximum Gasteiger partial charge on any atom is 0.0223 e. The van der Waals surface area contributed by atoms with Crippen LogP contribution in [0.3, 0.4) is 0 Å². The van der Waals surface area contributed by atoms with Crippen molar-refractivity contribution < 1.29 is 0 Å². The number of hydrogen-bond donors (Lipinski definition) is 2. The van der Waals surface area contributed by atoms with Gasteiger partial charge in [-0.25, -0.2) is 0 Å². The van der Waals surface area contributed by atoms with Crippen LogP contribution in [0.2, 0.25) is 0 Å². The molecular weight excluding hydrogens is 184 g/mol. The lowest BCUT2D eigenvalue weighted by molar-refractivity contribution is 0.280. The fourth-order valence-electron chi connectivity index (χ4n) is 2.55. The molecule has 0 unspecified atom stereocenters. The van der Waals surface area contributed by atoms with Crippen LogP contribution in [-0.2, 0) is 6.54 Å². The quantitative estimate of drug-likeness (QED) is 0.778. The molecule has 2 N–H and O–H groups in total. The third-order valence-electron chi connectivity index (χ3n) is 3.65. The Kier molecular flexibility index (Phi) is 3.84. The summed E-state index contributed by atoms with van der Waals surface area (Å²) in [6.07, 6.45) is 11.2. The number of rotatable bonds is 4. The van der Waals surface area contributed by atoms with Crippen LogP contribution in [0, 0.1) is 5.92 Å². The third kappa shape index (κ3) is 3.10. The number of H-pyrrole nitrogens is 1. The molecule has 1 aromatic rings. The molecule has 1 saturated carbocycles. The van der Waals surface area contributed by atoms with Crippen LogP contribution >= 0.6 is 0 Å². The molecule has 1 aliphatic rings. The second-order valence-corrected chi connectivity index (χ2v) is 4.79. The molecule has 84 valence electrons. The van der Waals surface area contributed by atoms with E-state index in [0.29, 0.717) is 6.04 Å². The van der Waals surface area contributed by atoms with E-state index in [1.54, 1.807) is 0 Å². The van der Waals surface area contributed by atoms with E-state index in [1.807, 2.05) is 6.20 Å². The number of hydrogen-bond acceptors (Lipinski definition) is 1. The van der Waals surface area contributed by atoms with Crippen molar-refractivity contribution in [2.24, 2.45) is 5.92 Å². The minimum Gasteiger partial charge on any atom is -0.367 e. The predicted molar refractivity (Wildman–Crippen MR) is 63.7 cm³/mol. The molecule has 0 aromatic carbocycles. The van der Waals surface area contributed by atoms with Crippen molar-refractivity contribution in [3.8, 4) is 0 Å². The van der Waals surface area contributed by atoms with E-state index < -0.39 is 0 Å². The maximum absolute atomic E-state index is 3.63. The van der Waals surface area contributed by atoms with Crippen molar-refractivity contribution >= 4 is 0 Å². The molecule has 1 atom stereocenters. The highest BCUT2D eigenvalue weighted by Crippen LogP contribution is 2.26. The van der Waals surface area contributed by atoms with Crippen molar-refractivity contribution in [3.05, 3.63) is 24.0 Å². The molecule has 15 heavy (non-hydrogen) atoms. The molecule has 1 aliphatic carbocycles. The number of nitrogens with one attached hydrogen (secondary N) is 2. The van der Waals surface area contributed by atoms with Crippen LogP contribution in [0.1, 0.15) is 44.6 Å². The standard InChI is InChI=1S/C13H22N2/c1-11(13-5-3-2-4-6-13)15-10-12-7-8-14-9-12/h7-9,11,13-15H,2-6,10H2,1H3/t11-/m0/s1. The van der Waals surface area contributed by atoms with E-state index in [1.165, 1.54) is 37.7 Å². The van der Waals surface area contributed by atoms with Crippen molar-refractivity contribution in [1.29, 1.82) is 0 Å². The third-order valence-corrected chi connectivity index (χ3v) is 3.65. The van der Waals surface area contributed by atoms with Crippen LogP contribution < -0.4 is 5.32 Å². The fraction of sp³-hybridized carbons (Fsp3) is 0.692. The second-order valence-electron chi connectivity index (χ2n) is 4.79. The Morgan fingerprint density at radius 3 is 2.87 bits per heavy atom. The highest BCUT2D eigenvalue weighted by molar-refractivity contribution is 5.07. The summed E-state index contributed by atoms with van der Waals surface area (Å²) in [6, 6.07) is 2.81. The zero-order valence-electron chi connectivity index (χ0n) is 9.63. The Hall–Kier alpha value is -0.760. The smallest absolute Gasteiger partial charge is 0.0223 e. The van der Waals surface area contributed by atoms with Gasteiger partial charge in [0.05, 0.1) is 0 Å². The van der Waals surface area contributed by atoms with E-state index in [9.17, 15) is 0 Å². The summed E-state index contributed by atoms with van der Waals surface area (Å²) >= 11 is 0. The van der Waals surface area contributed by atoms with Crippen molar-refractivity contribution in [3.63, 3.8) is 0 Å². The van der Waals surface area contributed by atoms with Gasteiger partial charge < -0.3 is 10.3 Å². The Balaban J connectivity index is 1.74. The van der Waals surface area contributed by atoms with Gasteiger partial charge in [-0.3, -0.25) is 0 Å². The first kappa shape index (κ1) is 10.7. The SMILES string of the molecule is C[C@H](NCc1cc[nH]c1)C1CCCCC1. The molecular formula is C13H22N2. The first-order chi connectivity index (χ1) is 7.36. The highest BCUT2D eigenvalue weighted by Gasteiger charge is 2.19. The molecule has 0 bridgehead atoms. The summed E-state index contributed by atoms with van der Waals surface area (Å²) in [6.45, 7) is 3.34. The Morgan fingerprint density at radius 1 is 1.40 bits per heavy atom. The Labute approximate surface area is 92.5 Å². The van der Waals surface area contributed by atoms with Gasteiger partial charge in [-0.05, 0) is 37.3 Å². The highest BCUT2D eigenvalue weighted by atomic mass is 14.9. The molecule has 1 fully saturated rings. The fourth-order valence-corrected chi connectivity index (χ4v) is 2.55. The normalized spacial score (nSPS) is 20.3. The van der Waals surface area contributed by atoms with Crippen molar-refractivity contribution in [1.82, 2.24) is 10.3 Å². The summed E-state index contributed by atoms with van der Waals surface area (Å²) in [5.41, 5.74) is 1.36. The molecule has 0 spiro atoms. The van der Waals surface area contributed by atoms with Gasteiger partial charge in [0.2, 0.25) is 0 Å². The molecule has 2 rings (SSSR count). The van der Waals surface area contributed by atoms with Gasteiger partial charge in [0.1, 0.15) is 0 Å². The lowest BCUT2D eigenvalue weighted by Crippen LogP contribution is -2.34. The monoisotopic (exact) mass is 206 g/mol. The lowest BCUT2D eigenvalue weighted by atomic mass is 9.84. The number of aromatic amines is 1. The molecule has 1 aromatic heterocycles. The van der Waals surface area contributed by atoms with E-state index in [2.05, 4.69) is 29.5 Å². The van der Waals surface area contributed by atoms with Crippen molar-refractivity contribution in [2.45, 2.75) is 51.6 Å². The predicted octanol–water partition coefficient (Wildman–Crippen LogP) is 3.07. The van der Waals surface area contributed by atoms with Gasteiger partial charge in [-0.1, -0.05) is 19.3 Å². The average Bonchev–Trinajstić information content (AvgIpc) is 2.80. The molecule has 0 radical (unpaired) electrons. The second kappa shape index (κ2) is 5.36. The van der Waals surface area contributed by atoms with Crippen LogP contribution in [0.25, 0.3) is 0 Å². The van der Waals surface area contributed by atoms with E-state index in [4.69, 9.17) is 0 Å². The van der Waals surface area contributed by atoms with Crippen LogP contribution in [-0.4, -0.2) is 11.0 Å². The summed E-state index contributed by atoms with van der Waals surface area (Å²) in [7, 11) is 0. The number of aromatic nitrogens is 1. The molecule has 2 heteroatoms. The van der Waals surface area contributed by atoms with Gasteiger partial charge in [0.25, 0.3) is 0 Å². The summed E-state index contributed by atoms with van der Waals surface area (Å²) in [5, 5.41) is 3.63. The molecule has 0 amide bonds. The first-order valence-corrected chi connectivity index (χ1v) is 6.21. The molecule has 0 aliphatic heterocycles. The van der Waals surface area contributed by atoms with Crippen LogP contribution in [0.15, 0.2) is 18.5 Å². The van der Waals surface area contributed by atoms with E-state index in [-0.39, 0.29) is 0 Å². The zero-order valence-corrected chi connectivity index (χ0v) is 9.63. The molecule has 2 nitrogen and oxygen atoms in total. The molecule has 0 saturated heterocycles. The summed E-state index contributed by atoms with van der Waals surface area (Å²) in [5.74, 6) is 0.901. The van der Waals surface area contributed by atoms with E-state index in [0.717, 1.165) is 12.5 Å². The Morgan fingerprint density at radius 2 is 2.20 bits per heavy atom. The maximum atomic E-state index is 3.63. The summed E-state index contributed by atoms with van der Waals surface area (Å²) < 4.78 is 0. The van der Waals surface area contributed by atoms with Gasteiger partial charge in [-0.15, -0.1) is 0 Å². The largest absolute Gasteiger partial charge is 0.367 e.